The molecule has 2 unspecified atom stereocenters. The predicted octanol–water partition coefficient (Wildman–Crippen LogP) is 2.97. The minimum absolute atomic E-state index is 0.431. The highest BCUT2D eigenvalue weighted by atomic mass is 16.5. The van der Waals surface area contributed by atoms with Crippen molar-refractivity contribution in [1.82, 2.24) is 5.32 Å². The highest BCUT2D eigenvalue weighted by molar-refractivity contribution is 4.98. The Kier molecular flexibility index (Phi) is 3.91. The van der Waals surface area contributed by atoms with Gasteiger partial charge < -0.3 is 10.1 Å². The van der Waals surface area contributed by atoms with Crippen LogP contribution in [0.3, 0.4) is 0 Å². The van der Waals surface area contributed by atoms with Crippen LogP contribution in [0.2, 0.25) is 0 Å². The Bertz CT molecular complexity index is 223. The monoisotopic (exact) mass is 225 g/mol. The van der Waals surface area contributed by atoms with Crippen molar-refractivity contribution < 1.29 is 4.74 Å². The maximum absolute atomic E-state index is 5.87. The van der Waals surface area contributed by atoms with Gasteiger partial charge in [-0.2, -0.15) is 0 Å². The zero-order valence-corrected chi connectivity index (χ0v) is 11.1. The van der Waals surface area contributed by atoms with E-state index in [1.807, 2.05) is 0 Å². The lowest BCUT2D eigenvalue weighted by atomic mass is 9.69. The topological polar surface area (TPSA) is 21.3 Å². The molecule has 0 aromatic rings. The van der Waals surface area contributed by atoms with Crippen molar-refractivity contribution in [1.29, 1.82) is 0 Å². The van der Waals surface area contributed by atoms with Gasteiger partial charge in [-0.1, -0.05) is 26.7 Å². The summed E-state index contributed by atoms with van der Waals surface area (Å²) < 4.78 is 5.87. The SMILES string of the molecule is CC(C)NCC1(C2CCCC2)CCOC1C. The molecule has 1 heterocycles. The summed E-state index contributed by atoms with van der Waals surface area (Å²) >= 11 is 0. The largest absolute Gasteiger partial charge is 0.378 e. The van der Waals surface area contributed by atoms with E-state index in [1.54, 1.807) is 0 Å². The second kappa shape index (κ2) is 5.05. The van der Waals surface area contributed by atoms with E-state index in [0.29, 0.717) is 17.6 Å². The highest BCUT2D eigenvalue weighted by Gasteiger charge is 2.47. The maximum Gasteiger partial charge on any atom is 0.0618 e. The molecular weight excluding hydrogens is 198 g/mol. The molecule has 1 saturated heterocycles. The molecular formula is C14H27NO. The van der Waals surface area contributed by atoms with E-state index in [2.05, 4.69) is 26.1 Å². The number of hydrogen-bond acceptors (Lipinski definition) is 2. The van der Waals surface area contributed by atoms with Crippen LogP contribution in [0.1, 0.15) is 52.9 Å². The van der Waals surface area contributed by atoms with Crippen LogP contribution < -0.4 is 5.32 Å². The molecule has 0 amide bonds. The van der Waals surface area contributed by atoms with Gasteiger partial charge in [0.15, 0.2) is 0 Å². The molecule has 2 aliphatic rings. The Balaban J connectivity index is 2.05. The summed E-state index contributed by atoms with van der Waals surface area (Å²) in [6, 6.07) is 0.589. The Morgan fingerprint density at radius 3 is 2.50 bits per heavy atom. The van der Waals surface area contributed by atoms with Crippen LogP contribution in [0.4, 0.5) is 0 Å². The Labute approximate surface area is 100 Å². The fourth-order valence-corrected chi connectivity index (χ4v) is 3.60. The van der Waals surface area contributed by atoms with Crippen molar-refractivity contribution in [3.05, 3.63) is 0 Å². The number of hydrogen-bond donors (Lipinski definition) is 1. The quantitative estimate of drug-likeness (QED) is 0.794. The zero-order chi connectivity index (χ0) is 11.6. The van der Waals surface area contributed by atoms with Crippen molar-refractivity contribution in [2.75, 3.05) is 13.2 Å². The fraction of sp³-hybridized carbons (Fsp3) is 1.00. The smallest absolute Gasteiger partial charge is 0.0618 e. The predicted molar refractivity (Wildman–Crippen MR) is 67.6 cm³/mol. The van der Waals surface area contributed by atoms with Crippen LogP contribution in [0, 0.1) is 11.3 Å². The van der Waals surface area contributed by atoms with E-state index >= 15 is 0 Å². The molecule has 16 heavy (non-hydrogen) atoms. The lowest BCUT2D eigenvalue weighted by Crippen LogP contribution is -2.46. The first-order valence-corrected chi connectivity index (χ1v) is 7.00. The van der Waals surface area contributed by atoms with E-state index < -0.39 is 0 Å². The Morgan fingerprint density at radius 2 is 2.00 bits per heavy atom. The van der Waals surface area contributed by atoms with Gasteiger partial charge in [-0.15, -0.1) is 0 Å². The molecule has 1 aliphatic heterocycles. The molecule has 2 heteroatoms. The Morgan fingerprint density at radius 1 is 1.31 bits per heavy atom. The second-order valence-corrected chi connectivity index (χ2v) is 6.01. The molecule has 2 fully saturated rings. The molecule has 2 rings (SSSR count). The lowest BCUT2D eigenvalue weighted by molar-refractivity contribution is 0.0280. The average molecular weight is 225 g/mol. The minimum atomic E-state index is 0.431. The highest BCUT2D eigenvalue weighted by Crippen LogP contribution is 2.48. The third-order valence-electron chi connectivity index (χ3n) is 4.75. The van der Waals surface area contributed by atoms with Crippen molar-refractivity contribution >= 4 is 0 Å². The summed E-state index contributed by atoms with van der Waals surface area (Å²) in [5.74, 6) is 0.899. The van der Waals surface area contributed by atoms with E-state index in [0.717, 1.165) is 19.1 Å². The normalized spacial score (nSPS) is 36.4. The lowest BCUT2D eigenvalue weighted by Gasteiger charge is -2.39. The summed E-state index contributed by atoms with van der Waals surface area (Å²) in [5.41, 5.74) is 0.431. The summed E-state index contributed by atoms with van der Waals surface area (Å²) in [6.07, 6.45) is 7.42. The van der Waals surface area contributed by atoms with E-state index in [-0.39, 0.29) is 0 Å². The number of nitrogens with one attached hydrogen (secondary N) is 1. The van der Waals surface area contributed by atoms with Crippen LogP contribution in [0.5, 0.6) is 0 Å². The number of rotatable bonds is 4. The molecule has 0 bridgehead atoms. The van der Waals surface area contributed by atoms with Crippen LogP contribution in [0.15, 0.2) is 0 Å². The molecule has 94 valence electrons. The van der Waals surface area contributed by atoms with Crippen molar-refractivity contribution in [2.24, 2.45) is 11.3 Å². The van der Waals surface area contributed by atoms with Crippen LogP contribution in [-0.2, 0) is 4.74 Å². The van der Waals surface area contributed by atoms with Crippen molar-refractivity contribution in [3.8, 4) is 0 Å². The molecule has 0 aromatic heterocycles. The van der Waals surface area contributed by atoms with Crippen molar-refractivity contribution in [3.63, 3.8) is 0 Å². The van der Waals surface area contributed by atoms with Gasteiger partial charge in [0.1, 0.15) is 0 Å². The average Bonchev–Trinajstić information content (AvgIpc) is 2.84. The molecule has 1 aliphatic carbocycles. The van der Waals surface area contributed by atoms with Crippen LogP contribution in [-0.4, -0.2) is 25.3 Å². The molecule has 2 atom stereocenters. The van der Waals surface area contributed by atoms with Gasteiger partial charge >= 0.3 is 0 Å². The van der Waals surface area contributed by atoms with Gasteiger partial charge in [0.25, 0.3) is 0 Å². The van der Waals surface area contributed by atoms with Gasteiger partial charge in [-0.3, -0.25) is 0 Å². The van der Waals surface area contributed by atoms with E-state index in [9.17, 15) is 0 Å². The first-order valence-electron chi connectivity index (χ1n) is 7.00. The molecule has 1 saturated carbocycles. The number of ether oxygens (including phenoxy) is 1. The zero-order valence-electron chi connectivity index (χ0n) is 11.1. The van der Waals surface area contributed by atoms with Gasteiger partial charge in [0.05, 0.1) is 6.10 Å². The Hall–Kier alpha value is -0.0800. The summed E-state index contributed by atoms with van der Waals surface area (Å²) in [6.45, 7) is 8.88. The molecule has 0 radical (unpaired) electrons. The molecule has 1 N–H and O–H groups in total. The van der Waals surface area contributed by atoms with Crippen LogP contribution in [0.25, 0.3) is 0 Å². The first-order chi connectivity index (χ1) is 7.65. The molecule has 0 aromatic carbocycles. The van der Waals surface area contributed by atoms with Crippen LogP contribution >= 0.6 is 0 Å². The van der Waals surface area contributed by atoms with Gasteiger partial charge in [-0.25, -0.2) is 0 Å². The van der Waals surface area contributed by atoms with Gasteiger partial charge in [0.2, 0.25) is 0 Å². The fourth-order valence-electron chi connectivity index (χ4n) is 3.60. The third kappa shape index (κ3) is 2.28. The van der Waals surface area contributed by atoms with E-state index in [1.165, 1.54) is 32.1 Å². The molecule has 2 nitrogen and oxygen atoms in total. The summed E-state index contributed by atoms with van der Waals surface area (Å²) in [7, 11) is 0. The summed E-state index contributed by atoms with van der Waals surface area (Å²) in [4.78, 5) is 0. The molecule has 0 spiro atoms. The minimum Gasteiger partial charge on any atom is -0.378 e. The van der Waals surface area contributed by atoms with Crippen molar-refractivity contribution in [2.45, 2.75) is 65.0 Å². The third-order valence-corrected chi connectivity index (χ3v) is 4.75. The van der Waals surface area contributed by atoms with E-state index in [4.69, 9.17) is 4.74 Å². The first kappa shape index (κ1) is 12.4. The second-order valence-electron chi connectivity index (χ2n) is 6.01. The maximum atomic E-state index is 5.87. The standard InChI is InChI=1S/C14H27NO/c1-11(2)15-10-14(8-9-16-12(14)3)13-6-4-5-7-13/h11-13,15H,4-10H2,1-3H3. The van der Waals surface area contributed by atoms with Gasteiger partial charge in [0, 0.05) is 24.6 Å². The van der Waals surface area contributed by atoms with Gasteiger partial charge in [-0.05, 0) is 32.1 Å². The summed E-state index contributed by atoms with van der Waals surface area (Å²) in [5, 5.41) is 3.66.